The minimum atomic E-state index is 1.16. The van der Waals surface area contributed by atoms with Crippen molar-refractivity contribution in [3.05, 3.63) is 0 Å². The summed E-state index contributed by atoms with van der Waals surface area (Å²) in [6.07, 6.45) is 9.34. The van der Waals surface area contributed by atoms with Crippen LogP contribution in [0.15, 0.2) is 0 Å². The van der Waals surface area contributed by atoms with E-state index in [0.29, 0.717) is 0 Å². The Kier molecular flexibility index (Phi) is 1.06. The molecule has 2 atom stereocenters. The summed E-state index contributed by atoms with van der Waals surface area (Å²) in [6.45, 7) is 0. The molecule has 2 fully saturated rings. The maximum atomic E-state index is 1.58. The molecule has 0 amide bonds. The smallest absolute Gasteiger partial charge is 0.0412 e. The van der Waals surface area contributed by atoms with E-state index in [2.05, 4.69) is 0 Å². The monoisotopic (exact) mass is 110 g/mol. The quantitative estimate of drug-likeness (QED) is 0.449. The summed E-state index contributed by atoms with van der Waals surface area (Å²) in [6, 6.07) is 0. The van der Waals surface area contributed by atoms with Crippen LogP contribution in [0.25, 0.3) is 0 Å². The van der Waals surface area contributed by atoms with Crippen molar-refractivity contribution >= 4 is 0 Å². The molecule has 0 spiro atoms. The number of hydrogen-bond donors (Lipinski definition) is 0. The van der Waals surface area contributed by atoms with Crippen LogP contribution >= 0.6 is 0 Å². The molecule has 46 valence electrons. The molecule has 8 heavy (non-hydrogen) atoms. The van der Waals surface area contributed by atoms with E-state index in [4.69, 9.17) is 0 Å². The van der Waals surface area contributed by atoms with Gasteiger partial charge < -0.3 is 0 Å². The summed E-state index contributed by atoms with van der Waals surface area (Å²) in [4.78, 5) is 0. The first-order valence-corrected chi connectivity index (χ1v) is 3.95. The predicted molar refractivity (Wildman–Crippen MR) is 34.7 cm³/mol. The molecule has 0 aliphatic heterocycles. The number of hydrogen-bond acceptors (Lipinski definition) is 0. The van der Waals surface area contributed by atoms with E-state index in [-0.39, 0.29) is 0 Å². The van der Waals surface area contributed by atoms with Crippen molar-refractivity contribution in [2.45, 2.75) is 38.5 Å². The van der Waals surface area contributed by atoms with Gasteiger partial charge in [-0.2, -0.15) is 0 Å². The van der Waals surface area contributed by atoms with Crippen LogP contribution in [0.5, 0.6) is 0 Å². The van der Waals surface area contributed by atoms with E-state index < -0.39 is 0 Å². The zero-order valence-electron chi connectivity index (χ0n) is 5.40. The maximum absolute atomic E-state index is 1.58. The zero-order valence-corrected chi connectivity index (χ0v) is 5.40. The average molecular weight is 110 g/mol. The molecule has 0 aromatic heterocycles. The molecule has 2 aliphatic rings. The Morgan fingerprint density at radius 2 is 1.38 bits per heavy atom. The van der Waals surface area contributed by atoms with Gasteiger partial charge >= 0.3 is 0 Å². The summed E-state index contributed by atoms with van der Waals surface area (Å²) in [5.74, 6) is 2.32. The highest BCUT2D eigenvalue weighted by atomic mass is 14.3. The topological polar surface area (TPSA) is 0 Å². The van der Waals surface area contributed by atoms with Gasteiger partial charge in [0.1, 0.15) is 0 Å². The van der Waals surface area contributed by atoms with Crippen molar-refractivity contribution < 1.29 is 0 Å². The molecule has 0 heterocycles. The first-order valence-electron chi connectivity index (χ1n) is 3.95. The second kappa shape index (κ2) is 1.75. The van der Waals surface area contributed by atoms with Crippen molar-refractivity contribution in [3.8, 4) is 0 Å². The van der Waals surface area contributed by atoms with Crippen molar-refractivity contribution in [1.29, 1.82) is 0 Å². The van der Waals surface area contributed by atoms with Gasteiger partial charge in [0, 0.05) is 0 Å². The van der Waals surface area contributed by atoms with Gasteiger partial charge in [0.25, 0.3) is 0 Å². The Balaban J connectivity index is 2.03. The Morgan fingerprint density at radius 3 is 1.88 bits per heavy atom. The first-order chi connectivity index (χ1) is 3.95. The fourth-order valence-electron chi connectivity index (χ4n) is 2.40. The van der Waals surface area contributed by atoms with E-state index in [1.165, 1.54) is 6.42 Å². The van der Waals surface area contributed by atoms with E-state index in [0.717, 1.165) is 11.8 Å². The van der Waals surface area contributed by atoms with Gasteiger partial charge in [-0.15, -0.1) is 0 Å². The molecule has 0 saturated heterocycles. The minimum Gasteiger partial charge on any atom is -0.0528 e. The van der Waals surface area contributed by atoms with Crippen LogP contribution in [0.2, 0.25) is 0 Å². The second-order valence-electron chi connectivity index (χ2n) is 3.48. The van der Waals surface area contributed by atoms with Crippen molar-refractivity contribution in [1.82, 2.24) is 0 Å². The van der Waals surface area contributed by atoms with Crippen LogP contribution in [0, 0.1) is 11.8 Å². The minimum absolute atomic E-state index is 1.16. The third kappa shape index (κ3) is 0.667. The standard InChI is InChI=1S/C8H14/c1-2-7-4-5-8(3-1)6-7/h7-8H,1-6H2/t7-,8+. The van der Waals surface area contributed by atoms with Crippen molar-refractivity contribution in [2.24, 2.45) is 11.8 Å². The Morgan fingerprint density at radius 1 is 0.750 bits per heavy atom. The van der Waals surface area contributed by atoms with Gasteiger partial charge in [-0.3, -0.25) is 0 Å². The van der Waals surface area contributed by atoms with E-state index in [1.54, 1.807) is 32.1 Å². The van der Waals surface area contributed by atoms with Gasteiger partial charge in [-0.05, 0) is 18.3 Å². The van der Waals surface area contributed by atoms with Gasteiger partial charge in [0.05, 0.1) is 0 Å². The lowest BCUT2D eigenvalue weighted by Crippen LogP contribution is -2.03. The zero-order chi connectivity index (χ0) is 5.40. The lowest BCUT2D eigenvalue weighted by molar-refractivity contribution is 0.359. The lowest BCUT2D eigenvalue weighted by atomic mass is 9.89. The van der Waals surface area contributed by atoms with Crippen LogP contribution in [0.4, 0.5) is 0 Å². The van der Waals surface area contributed by atoms with E-state index >= 15 is 0 Å². The molecular weight excluding hydrogens is 96.1 g/mol. The molecule has 0 nitrogen and oxygen atoms in total. The van der Waals surface area contributed by atoms with Gasteiger partial charge in [-0.25, -0.2) is 0 Å². The fourth-order valence-corrected chi connectivity index (χ4v) is 2.40. The molecule has 0 radical (unpaired) electrons. The normalized spacial score (nSPS) is 45.0. The third-order valence-corrected chi connectivity index (χ3v) is 2.87. The molecular formula is C8H14. The Hall–Kier alpha value is 0. The van der Waals surface area contributed by atoms with Gasteiger partial charge in [0.2, 0.25) is 0 Å². The third-order valence-electron chi connectivity index (χ3n) is 2.87. The molecule has 0 aromatic rings. The predicted octanol–water partition coefficient (Wildman–Crippen LogP) is 2.59. The highest BCUT2D eigenvalue weighted by molar-refractivity contribution is 4.80. The molecule has 2 rings (SSSR count). The van der Waals surface area contributed by atoms with Gasteiger partial charge in [-0.1, -0.05) is 32.1 Å². The largest absolute Gasteiger partial charge is 0.0528 e. The molecule has 0 aromatic carbocycles. The van der Waals surface area contributed by atoms with Crippen LogP contribution in [0.3, 0.4) is 0 Å². The first kappa shape index (κ1) is 4.84. The fraction of sp³-hybridized carbons (Fsp3) is 1.00. The molecule has 2 saturated carbocycles. The molecule has 2 bridgehead atoms. The van der Waals surface area contributed by atoms with E-state index in [9.17, 15) is 0 Å². The average Bonchev–Trinajstić information content (AvgIpc) is 2.12. The van der Waals surface area contributed by atoms with Crippen LogP contribution in [0.1, 0.15) is 38.5 Å². The van der Waals surface area contributed by atoms with Gasteiger partial charge in [0.15, 0.2) is 0 Å². The van der Waals surface area contributed by atoms with Crippen molar-refractivity contribution in [2.75, 3.05) is 0 Å². The molecule has 0 N–H and O–H groups in total. The summed E-state index contributed by atoms with van der Waals surface area (Å²) in [5.41, 5.74) is 0. The molecule has 0 heteroatoms. The molecule has 2 aliphatic carbocycles. The Bertz CT molecular complexity index is 72.0. The van der Waals surface area contributed by atoms with E-state index in [1.807, 2.05) is 0 Å². The summed E-state index contributed by atoms with van der Waals surface area (Å²) in [7, 11) is 0. The highest BCUT2D eigenvalue weighted by Crippen LogP contribution is 2.41. The van der Waals surface area contributed by atoms with Crippen LogP contribution in [-0.2, 0) is 0 Å². The van der Waals surface area contributed by atoms with Crippen LogP contribution < -0.4 is 0 Å². The summed E-state index contributed by atoms with van der Waals surface area (Å²) in [5, 5.41) is 0. The maximum Gasteiger partial charge on any atom is -0.0412 e. The second-order valence-corrected chi connectivity index (χ2v) is 3.48. The number of rotatable bonds is 0. The summed E-state index contributed by atoms with van der Waals surface area (Å²) < 4.78 is 0. The number of fused-ring (bicyclic) bond motifs is 2. The molecule has 0 unspecified atom stereocenters. The highest BCUT2D eigenvalue weighted by Gasteiger charge is 2.27. The van der Waals surface area contributed by atoms with Crippen molar-refractivity contribution in [3.63, 3.8) is 0 Å². The lowest BCUT2D eigenvalue weighted by Gasteiger charge is -2.16. The van der Waals surface area contributed by atoms with Crippen LogP contribution in [-0.4, -0.2) is 0 Å². The SMILES string of the molecule is C1C[C@@H]2CC[C@H](C1)C2. The Labute approximate surface area is 51.3 Å². The summed E-state index contributed by atoms with van der Waals surface area (Å²) >= 11 is 0.